The average molecular weight is 289 g/mol. The van der Waals surface area contributed by atoms with Crippen LogP contribution in [0.3, 0.4) is 0 Å². The highest BCUT2D eigenvalue weighted by Gasteiger charge is 2.24. The van der Waals surface area contributed by atoms with E-state index >= 15 is 0 Å². The monoisotopic (exact) mass is 289 g/mol. The summed E-state index contributed by atoms with van der Waals surface area (Å²) in [5.41, 5.74) is 2.01. The summed E-state index contributed by atoms with van der Waals surface area (Å²) in [5, 5.41) is 6.45. The van der Waals surface area contributed by atoms with Crippen LogP contribution in [-0.4, -0.2) is 31.6 Å². The minimum absolute atomic E-state index is 0.118. The number of carbonyl (C=O) groups is 1. The number of rotatable bonds is 4. The summed E-state index contributed by atoms with van der Waals surface area (Å²) in [6, 6.07) is 8.92. The van der Waals surface area contributed by atoms with Gasteiger partial charge in [0, 0.05) is 36.4 Å². The van der Waals surface area contributed by atoms with Gasteiger partial charge in [0.15, 0.2) is 0 Å². The molecule has 1 aromatic carbocycles. The lowest BCUT2D eigenvalue weighted by Gasteiger charge is -2.27. The highest BCUT2D eigenvalue weighted by Crippen LogP contribution is 2.22. The molecule has 4 heteroatoms. The second-order valence-electron chi connectivity index (χ2n) is 6.32. The SMILES string of the molecule is CC(C)N(C)c1cccc(NC(=O)[C@H]2CCN[C@@H](C)C2)c1. The van der Waals surface area contributed by atoms with Gasteiger partial charge in [-0.3, -0.25) is 4.79 Å². The normalized spacial score (nSPS) is 22.1. The summed E-state index contributed by atoms with van der Waals surface area (Å²) in [6.07, 6.45) is 1.83. The highest BCUT2D eigenvalue weighted by atomic mass is 16.1. The maximum absolute atomic E-state index is 12.4. The van der Waals surface area contributed by atoms with Crippen molar-refractivity contribution in [2.75, 3.05) is 23.8 Å². The molecule has 1 heterocycles. The fraction of sp³-hybridized carbons (Fsp3) is 0.588. The van der Waals surface area contributed by atoms with E-state index in [-0.39, 0.29) is 11.8 Å². The van der Waals surface area contributed by atoms with Gasteiger partial charge >= 0.3 is 0 Å². The van der Waals surface area contributed by atoms with Crippen LogP contribution >= 0.6 is 0 Å². The molecule has 0 bridgehead atoms. The Hall–Kier alpha value is -1.55. The molecule has 116 valence electrons. The Labute approximate surface area is 127 Å². The van der Waals surface area contributed by atoms with Crippen molar-refractivity contribution in [3.05, 3.63) is 24.3 Å². The third-order valence-corrected chi connectivity index (χ3v) is 4.29. The number of carbonyl (C=O) groups excluding carboxylic acids is 1. The molecule has 0 saturated carbocycles. The summed E-state index contributed by atoms with van der Waals surface area (Å²) in [4.78, 5) is 14.6. The minimum atomic E-state index is 0.118. The molecule has 1 amide bonds. The third-order valence-electron chi connectivity index (χ3n) is 4.29. The molecule has 1 aliphatic rings. The third kappa shape index (κ3) is 4.21. The Balaban J connectivity index is 2.02. The zero-order valence-electron chi connectivity index (χ0n) is 13.5. The highest BCUT2D eigenvalue weighted by molar-refractivity contribution is 5.93. The van der Waals surface area contributed by atoms with Crippen LogP contribution in [0.1, 0.15) is 33.6 Å². The molecule has 2 N–H and O–H groups in total. The van der Waals surface area contributed by atoms with Crippen LogP contribution in [-0.2, 0) is 4.79 Å². The number of nitrogens with one attached hydrogen (secondary N) is 2. The van der Waals surface area contributed by atoms with E-state index in [0.717, 1.165) is 30.8 Å². The lowest BCUT2D eigenvalue weighted by Crippen LogP contribution is -2.40. The molecule has 0 aliphatic carbocycles. The number of hydrogen-bond donors (Lipinski definition) is 2. The first kappa shape index (κ1) is 15.8. The van der Waals surface area contributed by atoms with E-state index in [1.165, 1.54) is 0 Å². The fourth-order valence-electron chi connectivity index (χ4n) is 2.72. The molecule has 0 unspecified atom stereocenters. The molecule has 0 radical (unpaired) electrons. The smallest absolute Gasteiger partial charge is 0.227 e. The molecule has 0 spiro atoms. The van der Waals surface area contributed by atoms with Crippen LogP contribution in [0.15, 0.2) is 24.3 Å². The fourth-order valence-corrected chi connectivity index (χ4v) is 2.72. The van der Waals surface area contributed by atoms with Gasteiger partial charge in [0.2, 0.25) is 5.91 Å². The second-order valence-corrected chi connectivity index (χ2v) is 6.32. The van der Waals surface area contributed by atoms with Crippen molar-refractivity contribution in [1.29, 1.82) is 0 Å². The van der Waals surface area contributed by atoms with Crippen molar-refractivity contribution in [2.24, 2.45) is 5.92 Å². The Kier molecular flexibility index (Phi) is 5.23. The molecule has 21 heavy (non-hydrogen) atoms. The van der Waals surface area contributed by atoms with Crippen LogP contribution in [0, 0.1) is 5.92 Å². The van der Waals surface area contributed by atoms with Crippen molar-refractivity contribution in [3.8, 4) is 0 Å². The van der Waals surface area contributed by atoms with Gasteiger partial charge in [-0.25, -0.2) is 0 Å². The molecule has 1 fully saturated rings. The topological polar surface area (TPSA) is 44.4 Å². The first-order valence-electron chi connectivity index (χ1n) is 7.84. The van der Waals surface area contributed by atoms with E-state index in [2.05, 4.69) is 49.4 Å². The van der Waals surface area contributed by atoms with Crippen molar-refractivity contribution < 1.29 is 4.79 Å². The lowest BCUT2D eigenvalue weighted by atomic mass is 9.92. The largest absolute Gasteiger partial charge is 0.372 e. The predicted octanol–water partition coefficient (Wildman–Crippen LogP) is 2.86. The van der Waals surface area contributed by atoms with Crippen molar-refractivity contribution in [1.82, 2.24) is 5.32 Å². The molecular weight excluding hydrogens is 262 g/mol. The van der Waals surface area contributed by atoms with Gasteiger partial charge in [-0.05, 0) is 58.4 Å². The molecule has 2 atom stereocenters. The van der Waals surface area contributed by atoms with Crippen molar-refractivity contribution >= 4 is 17.3 Å². The number of hydrogen-bond acceptors (Lipinski definition) is 3. The average Bonchev–Trinajstić information content (AvgIpc) is 2.46. The molecule has 2 rings (SSSR count). The molecule has 0 aromatic heterocycles. The summed E-state index contributed by atoms with van der Waals surface area (Å²) in [5.74, 6) is 0.264. The van der Waals surface area contributed by atoms with Gasteiger partial charge in [-0.1, -0.05) is 6.07 Å². The van der Waals surface area contributed by atoms with Crippen LogP contribution in [0.25, 0.3) is 0 Å². The van der Waals surface area contributed by atoms with Gasteiger partial charge in [0.05, 0.1) is 0 Å². The van der Waals surface area contributed by atoms with E-state index in [0.29, 0.717) is 12.1 Å². The number of nitrogens with zero attached hydrogens (tertiary/aromatic N) is 1. The zero-order valence-corrected chi connectivity index (χ0v) is 13.5. The maximum atomic E-state index is 12.4. The maximum Gasteiger partial charge on any atom is 0.227 e. The Morgan fingerprint density at radius 3 is 2.86 bits per heavy atom. The second kappa shape index (κ2) is 6.94. The quantitative estimate of drug-likeness (QED) is 0.896. The van der Waals surface area contributed by atoms with Crippen LogP contribution in [0.2, 0.25) is 0 Å². The number of amides is 1. The summed E-state index contributed by atoms with van der Waals surface area (Å²) >= 11 is 0. The van der Waals surface area contributed by atoms with E-state index in [4.69, 9.17) is 0 Å². The van der Waals surface area contributed by atoms with Gasteiger partial charge in [0.25, 0.3) is 0 Å². The summed E-state index contributed by atoms with van der Waals surface area (Å²) in [7, 11) is 2.07. The van der Waals surface area contributed by atoms with Crippen molar-refractivity contribution in [2.45, 2.75) is 45.7 Å². The summed E-state index contributed by atoms with van der Waals surface area (Å²) < 4.78 is 0. The van der Waals surface area contributed by atoms with Crippen molar-refractivity contribution in [3.63, 3.8) is 0 Å². The Bertz CT molecular complexity index is 487. The van der Waals surface area contributed by atoms with Crippen LogP contribution in [0.5, 0.6) is 0 Å². The van der Waals surface area contributed by atoms with Gasteiger partial charge in [-0.15, -0.1) is 0 Å². The molecular formula is C17H27N3O. The van der Waals surface area contributed by atoms with Crippen LogP contribution < -0.4 is 15.5 Å². The predicted molar refractivity (Wildman–Crippen MR) is 88.8 cm³/mol. The standard InChI is InChI=1S/C17H27N3O/c1-12(2)20(4)16-7-5-6-15(11-16)19-17(21)14-8-9-18-13(3)10-14/h5-7,11-14,18H,8-10H2,1-4H3,(H,19,21)/t13-,14-/m0/s1. The molecule has 4 nitrogen and oxygen atoms in total. The first-order chi connectivity index (χ1) is 9.97. The molecule has 1 aromatic rings. The zero-order chi connectivity index (χ0) is 15.4. The Morgan fingerprint density at radius 1 is 1.43 bits per heavy atom. The van der Waals surface area contributed by atoms with E-state index in [1.807, 2.05) is 18.2 Å². The van der Waals surface area contributed by atoms with Gasteiger partial charge < -0.3 is 15.5 Å². The number of anilines is 2. The van der Waals surface area contributed by atoms with Gasteiger partial charge in [0.1, 0.15) is 0 Å². The first-order valence-corrected chi connectivity index (χ1v) is 7.84. The molecule has 1 aliphatic heterocycles. The number of piperidine rings is 1. The number of benzene rings is 1. The van der Waals surface area contributed by atoms with Gasteiger partial charge in [-0.2, -0.15) is 0 Å². The minimum Gasteiger partial charge on any atom is -0.372 e. The lowest BCUT2D eigenvalue weighted by molar-refractivity contribution is -0.120. The molecule has 1 saturated heterocycles. The summed E-state index contributed by atoms with van der Waals surface area (Å²) in [6.45, 7) is 7.37. The van der Waals surface area contributed by atoms with Crippen LogP contribution in [0.4, 0.5) is 11.4 Å². The van der Waals surface area contributed by atoms with E-state index in [1.54, 1.807) is 0 Å². The van der Waals surface area contributed by atoms with E-state index in [9.17, 15) is 4.79 Å². The Morgan fingerprint density at radius 2 is 2.19 bits per heavy atom. The van der Waals surface area contributed by atoms with E-state index < -0.39 is 0 Å².